The van der Waals surface area contributed by atoms with Crippen molar-refractivity contribution < 1.29 is 9.59 Å². The van der Waals surface area contributed by atoms with Crippen LogP contribution in [0.1, 0.15) is 32.3 Å². The fraction of sp³-hybridized carbons (Fsp3) is 0.467. The molecule has 1 aromatic carbocycles. The van der Waals surface area contributed by atoms with Gasteiger partial charge in [0.25, 0.3) is 0 Å². The van der Waals surface area contributed by atoms with Crippen molar-refractivity contribution in [2.75, 3.05) is 12.4 Å². The standard InChI is InChI=1S/C15H23N3O2/c1-4-7-13(16)15(20)17-14-9-6-5-8-12(14)10-18(3)11(2)19/h5-6,8-9,13H,4,7,10,16H2,1-3H3,(H,17,20). The lowest BCUT2D eigenvalue weighted by Crippen LogP contribution is -2.35. The topological polar surface area (TPSA) is 75.4 Å². The summed E-state index contributed by atoms with van der Waals surface area (Å²) in [5.74, 6) is -0.210. The van der Waals surface area contributed by atoms with E-state index in [0.717, 1.165) is 12.0 Å². The molecule has 1 unspecified atom stereocenters. The average molecular weight is 277 g/mol. The first-order valence-corrected chi connectivity index (χ1v) is 6.81. The number of para-hydroxylation sites is 1. The van der Waals surface area contributed by atoms with Crippen molar-refractivity contribution in [1.82, 2.24) is 4.90 Å². The van der Waals surface area contributed by atoms with Crippen molar-refractivity contribution in [2.45, 2.75) is 39.3 Å². The van der Waals surface area contributed by atoms with Crippen LogP contribution in [0.4, 0.5) is 5.69 Å². The minimum atomic E-state index is -0.501. The van der Waals surface area contributed by atoms with Crippen LogP contribution in [0.3, 0.4) is 0 Å². The van der Waals surface area contributed by atoms with Crippen molar-refractivity contribution in [1.29, 1.82) is 0 Å². The number of hydrogen-bond donors (Lipinski definition) is 2. The van der Waals surface area contributed by atoms with E-state index in [1.807, 2.05) is 31.2 Å². The molecule has 0 radical (unpaired) electrons. The van der Waals surface area contributed by atoms with Gasteiger partial charge in [0.2, 0.25) is 11.8 Å². The highest BCUT2D eigenvalue weighted by molar-refractivity contribution is 5.95. The molecule has 0 aliphatic rings. The van der Waals surface area contributed by atoms with Gasteiger partial charge in [-0.15, -0.1) is 0 Å². The molecule has 0 spiro atoms. The molecule has 0 fully saturated rings. The van der Waals surface area contributed by atoms with Gasteiger partial charge in [0.05, 0.1) is 6.04 Å². The van der Waals surface area contributed by atoms with Gasteiger partial charge in [0.1, 0.15) is 0 Å². The van der Waals surface area contributed by atoms with Gasteiger partial charge in [-0.3, -0.25) is 9.59 Å². The van der Waals surface area contributed by atoms with E-state index in [1.54, 1.807) is 11.9 Å². The Bertz CT molecular complexity index is 474. The summed E-state index contributed by atoms with van der Waals surface area (Å²) in [4.78, 5) is 24.8. The van der Waals surface area contributed by atoms with Crippen LogP contribution in [0.15, 0.2) is 24.3 Å². The fourth-order valence-corrected chi connectivity index (χ4v) is 1.81. The van der Waals surface area contributed by atoms with Crippen LogP contribution < -0.4 is 11.1 Å². The second-order valence-corrected chi connectivity index (χ2v) is 4.92. The van der Waals surface area contributed by atoms with Crippen LogP contribution in [0.2, 0.25) is 0 Å². The third-order valence-corrected chi connectivity index (χ3v) is 3.16. The molecule has 2 amide bonds. The van der Waals surface area contributed by atoms with Crippen molar-refractivity contribution in [3.63, 3.8) is 0 Å². The van der Waals surface area contributed by atoms with E-state index in [2.05, 4.69) is 5.32 Å². The number of hydrogen-bond acceptors (Lipinski definition) is 3. The zero-order valence-electron chi connectivity index (χ0n) is 12.3. The molecule has 5 nitrogen and oxygen atoms in total. The Morgan fingerprint density at radius 3 is 2.60 bits per heavy atom. The van der Waals surface area contributed by atoms with Gasteiger partial charge in [-0.1, -0.05) is 31.5 Å². The molecule has 0 saturated carbocycles. The Labute approximate surface area is 120 Å². The maximum atomic E-state index is 12.0. The minimum absolute atomic E-state index is 0.0196. The van der Waals surface area contributed by atoms with Crippen LogP contribution in [0.25, 0.3) is 0 Å². The average Bonchev–Trinajstić information content (AvgIpc) is 2.40. The summed E-state index contributed by atoms with van der Waals surface area (Å²) in [7, 11) is 1.73. The molecule has 1 atom stereocenters. The molecule has 110 valence electrons. The second kappa shape index (κ2) is 7.65. The Kier molecular flexibility index (Phi) is 6.18. The maximum absolute atomic E-state index is 12.0. The summed E-state index contributed by atoms with van der Waals surface area (Å²) in [6.45, 7) is 3.95. The van der Waals surface area contributed by atoms with Gasteiger partial charge < -0.3 is 16.0 Å². The molecule has 5 heteroatoms. The summed E-state index contributed by atoms with van der Waals surface area (Å²) in [5, 5.41) is 2.84. The van der Waals surface area contributed by atoms with Crippen molar-refractivity contribution >= 4 is 17.5 Å². The second-order valence-electron chi connectivity index (χ2n) is 4.92. The molecule has 0 aromatic heterocycles. The summed E-state index contributed by atoms with van der Waals surface area (Å²) in [6.07, 6.45) is 1.52. The Balaban J connectivity index is 2.80. The summed E-state index contributed by atoms with van der Waals surface area (Å²) in [5.41, 5.74) is 7.40. The van der Waals surface area contributed by atoms with Gasteiger partial charge >= 0.3 is 0 Å². The Morgan fingerprint density at radius 2 is 2.00 bits per heavy atom. The van der Waals surface area contributed by atoms with Gasteiger partial charge in [-0.25, -0.2) is 0 Å². The first-order chi connectivity index (χ1) is 9.45. The number of nitrogens with two attached hydrogens (primary N) is 1. The van der Waals surface area contributed by atoms with Gasteiger partial charge in [-0.05, 0) is 18.1 Å². The molecular weight excluding hydrogens is 254 g/mol. The fourth-order valence-electron chi connectivity index (χ4n) is 1.81. The van der Waals surface area contributed by atoms with Crippen LogP contribution >= 0.6 is 0 Å². The van der Waals surface area contributed by atoms with Crippen LogP contribution in [-0.2, 0) is 16.1 Å². The first kappa shape index (κ1) is 16.2. The molecule has 20 heavy (non-hydrogen) atoms. The number of carbonyl (C=O) groups excluding carboxylic acids is 2. The number of nitrogens with zero attached hydrogens (tertiary/aromatic N) is 1. The van der Waals surface area contributed by atoms with Gasteiger partial charge in [0.15, 0.2) is 0 Å². The quantitative estimate of drug-likeness (QED) is 0.831. The van der Waals surface area contributed by atoms with E-state index in [4.69, 9.17) is 5.73 Å². The lowest BCUT2D eigenvalue weighted by atomic mass is 10.1. The highest BCUT2D eigenvalue weighted by atomic mass is 16.2. The Morgan fingerprint density at radius 1 is 1.35 bits per heavy atom. The highest BCUT2D eigenvalue weighted by Gasteiger charge is 2.14. The largest absolute Gasteiger partial charge is 0.342 e. The lowest BCUT2D eigenvalue weighted by molar-refractivity contribution is -0.128. The van der Waals surface area contributed by atoms with Crippen molar-refractivity contribution in [2.24, 2.45) is 5.73 Å². The lowest BCUT2D eigenvalue weighted by Gasteiger charge is -2.19. The zero-order chi connectivity index (χ0) is 15.1. The van der Waals surface area contributed by atoms with Crippen molar-refractivity contribution in [3.05, 3.63) is 29.8 Å². The number of rotatable bonds is 6. The molecule has 0 saturated heterocycles. The highest BCUT2D eigenvalue weighted by Crippen LogP contribution is 2.17. The number of benzene rings is 1. The summed E-state index contributed by atoms with van der Waals surface area (Å²) in [6, 6.07) is 6.93. The smallest absolute Gasteiger partial charge is 0.241 e. The monoisotopic (exact) mass is 277 g/mol. The third kappa shape index (κ3) is 4.66. The molecule has 0 aliphatic heterocycles. The number of anilines is 1. The molecule has 0 bridgehead atoms. The number of carbonyl (C=O) groups is 2. The van der Waals surface area contributed by atoms with Gasteiger partial charge in [-0.2, -0.15) is 0 Å². The van der Waals surface area contributed by atoms with Gasteiger partial charge in [0, 0.05) is 26.2 Å². The van der Waals surface area contributed by atoms with Crippen molar-refractivity contribution in [3.8, 4) is 0 Å². The number of amides is 2. The van der Waals surface area contributed by atoms with Crippen LogP contribution in [-0.4, -0.2) is 29.8 Å². The minimum Gasteiger partial charge on any atom is -0.342 e. The van der Waals surface area contributed by atoms with E-state index in [9.17, 15) is 9.59 Å². The molecule has 0 heterocycles. The molecule has 3 N–H and O–H groups in total. The third-order valence-electron chi connectivity index (χ3n) is 3.16. The maximum Gasteiger partial charge on any atom is 0.241 e. The first-order valence-electron chi connectivity index (χ1n) is 6.81. The van der Waals surface area contributed by atoms with Crippen LogP contribution in [0.5, 0.6) is 0 Å². The predicted octanol–water partition coefficient (Wildman–Crippen LogP) is 1.73. The zero-order valence-corrected chi connectivity index (χ0v) is 12.3. The molecule has 1 aromatic rings. The van der Waals surface area contributed by atoms with E-state index in [-0.39, 0.29) is 11.8 Å². The SMILES string of the molecule is CCCC(N)C(=O)Nc1ccccc1CN(C)C(C)=O. The van der Waals surface area contributed by atoms with E-state index in [1.165, 1.54) is 6.92 Å². The Hall–Kier alpha value is -1.88. The number of nitrogens with one attached hydrogen (secondary N) is 1. The summed E-state index contributed by atoms with van der Waals surface area (Å²) >= 11 is 0. The molecule has 1 rings (SSSR count). The van der Waals surface area contributed by atoms with E-state index in [0.29, 0.717) is 18.7 Å². The van der Waals surface area contributed by atoms with Crippen LogP contribution in [0, 0.1) is 0 Å². The van der Waals surface area contributed by atoms with E-state index < -0.39 is 6.04 Å². The summed E-state index contributed by atoms with van der Waals surface area (Å²) < 4.78 is 0. The van der Waals surface area contributed by atoms with E-state index >= 15 is 0 Å². The normalized spacial score (nSPS) is 11.8. The molecular formula is C15H23N3O2. The predicted molar refractivity (Wildman–Crippen MR) is 80.1 cm³/mol. The molecule has 0 aliphatic carbocycles.